The first kappa shape index (κ1) is 23.0. The standard InChI is InChI=1S/C23H30F3N3O3/c1-2-3-16-11-19(28-18-5-8-32-9-6-18)12-22(16,31)21(30)29-7-4-20-15(14-29)10-17(13-27-20)23(24,25)26/h10,12-13,16,18,28,31H,2-9,11,14H2,1H3. The Labute approximate surface area is 185 Å². The van der Waals surface area contributed by atoms with Gasteiger partial charge < -0.3 is 20.1 Å². The van der Waals surface area contributed by atoms with Gasteiger partial charge in [-0.2, -0.15) is 13.2 Å². The third-order valence-electron chi connectivity index (χ3n) is 6.73. The van der Waals surface area contributed by atoms with Crippen LogP contribution in [0.4, 0.5) is 13.2 Å². The number of carbonyl (C=O) groups is 1. The van der Waals surface area contributed by atoms with Crippen molar-refractivity contribution in [2.75, 3.05) is 19.8 Å². The van der Waals surface area contributed by atoms with Crippen LogP contribution >= 0.6 is 0 Å². The molecule has 0 spiro atoms. The molecule has 1 fully saturated rings. The zero-order valence-corrected chi connectivity index (χ0v) is 18.2. The van der Waals surface area contributed by atoms with E-state index >= 15 is 0 Å². The van der Waals surface area contributed by atoms with Crippen molar-refractivity contribution in [1.29, 1.82) is 0 Å². The number of amides is 1. The van der Waals surface area contributed by atoms with Gasteiger partial charge in [-0.3, -0.25) is 9.78 Å². The summed E-state index contributed by atoms with van der Waals surface area (Å²) in [5.41, 5.74) is -0.655. The SMILES string of the molecule is CCCC1CC(NC2CCOCC2)=CC1(O)C(=O)N1CCc2ncc(C(F)(F)F)cc2C1. The van der Waals surface area contributed by atoms with Crippen LogP contribution in [0.2, 0.25) is 0 Å². The van der Waals surface area contributed by atoms with Crippen molar-refractivity contribution >= 4 is 5.91 Å². The molecule has 1 aromatic rings. The second-order valence-corrected chi connectivity index (χ2v) is 9.02. The minimum absolute atomic E-state index is 0.0167. The molecule has 176 valence electrons. The second-order valence-electron chi connectivity index (χ2n) is 9.02. The van der Waals surface area contributed by atoms with E-state index in [1.807, 2.05) is 6.92 Å². The lowest BCUT2D eigenvalue weighted by atomic mass is 9.85. The number of aromatic nitrogens is 1. The maximum atomic E-state index is 13.5. The summed E-state index contributed by atoms with van der Waals surface area (Å²) >= 11 is 0. The van der Waals surface area contributed by atoms with Crippen LogP contribution in [0.3, 0.4) is 0 Å². The molecule has 0 radical (unpaired) electrons. The third-order valence-corrected chi connectivity index (χ3v) is 6.73. The molecule has 3 heterocycles. The fourth-order valence-corrected chi connectivity index (χ4v) is 4.98. The Morgan fingerprint density at radius 3 is 2.81 bits per heavy atom. The highest BCUT2D eigenvalue weighted by Crippen LogP contribution is 2.39. The van der Waals surface area contributed by atoms with Crippen LogP contribution in [0.1, 0.15) is 55.8 Å². The number of rotatable bonds is 5. The van der Waals surface area contributed by atoms with Crippen molar-refractivity contribution in [1.82, 2.24) is 15.2 Å². The Morgan fingerprint density at radius 1 is 1.38 bits per heavy atom. The monoisotopic (exact) mass is 453 g/mol. The zero-order valence-electron chi connectivity index (χ0n) is 18.2. The molecule has 0 aromatic carbocycles. The van der Waals surface area contributed by atoms with Gasteiger partial charge in [-0.25, -0.2) is 0 Å². The van der Waals surface area contributed by atoms with Crippen molar-refractivity contribution in [2.45, 2.75) is 69.8 Å². The van der Waals surface area contributed by atoms with Crippen LogP contribution in [0, 0.1) is 5.92 Å². The second kappa shape index (κ2) is 9.02. The molecule has 1 amide bonds. The first-order valence-corrected chi connectivity index (χ1v) is 11.3. The number of ether oxygens (including phenoxy) is 1. The van der Waals surface area contributed by atoms with Gasteiger partial charge in [0.25, 0.3) is 5.91 Å². The van der Waals surface area contributed by atoms with Gasteiger partial charge >= 0.3 is 6.18 Å². The Kier molecular flexibility index (Phi) is 6.49. The number of nitrogens with zero attached hydrogens (tertiary/aromatic N) is 2. The number of nitrogens with one attached hydrogen (secondary N) is 1. The molecule has 3 aliphatic rings. The summed E-state index contributed by atoms with van der Waals surface area (Å²) in [7, 11) is 0. The Hall–Kier alpha value is -2.13. The molecule has 2 unspecified atom stereocenters. The van der Waals surface area contributed by atoms with Crippen LogP contribution in [0.15, 0.2) is 24.0 Å². The minimum Gasteiger partial charge on any atom is -0.386 e. The highest BCUT2D eigenvalue weighted by Gasteiger charge is 2.49. The Balaban J connectivity index is 1.53. The van der Waals surface area contributed by atoms with E-state index in [2.05, 4.69) is 10.3 Å². The molecule has 2 N–H and O–H groups in total. The first-order chi connectivity index (χ1) is 15.2. The Morgan fingerprint density at radius 2 is 2.12 bits per heavy atom. The van der Waals surface area contributed by atoms with Gasteiger partial charge in [0.2, 0.25) is 0 Å². The van der Waals surface area contributed by atoms with E-state index in [0.717, 1.165) is 37.2 Å². The summed E-state index contributed by atoms with van der Waals surface area (Å²) < 4.78 is 44.7. The number of pyridine rings is 1. The van der Waals surface area contributed by atoms with E-state index < -0.39 is 23.2 Å². The quantitative estimate of drug-likeness (QED) is 0.716. The molecule has 1 saturated heterocycles. The summed E-state index contributed by atoms with van der Waals surface area (Å²) in [6.45, 7) is 3.72. The molecular weight excluding hydrogens is 423 g/mol. The Bertz CT molecular complexity index is 883. The number of fused-ring (bicyclic) bond motifs is 1. The molecule has 1 aliphatic carbocycles. The molecule has 1 aromatic heterocycles. The lowest BCUT2D eigenvalue weighted by Crippen LogP contribution is -2.52. The number of halogens is 3. The molecule has 0 bridgehead atoms. The maximum absolute atomic E-state index is 13.5. The lowest BCUT2D eigenvalue weighted by Gasteiger charge is -2.36. The van der Waals surface area contributed by atoms with Gasteiger partial charge in [-0.1, -0.05) is 13.3 Å². The number of hydrogen-bond acceptors (Lipinski definition) is 5. The van der Waals surface area contributed by atoms with E-state index in [1.165, 1.54) is 4.90 Å². The fraction of sp³-hybridized carbons (Fsp3) is 0.652. The summed E-state index contributed by atoms with van der Waals surface area (Å²) in [6, 6.07) is 1.32. The van der Waals surface area contributed by atoms with Gasteiger partial charge in [0.15, 0.2) is 5.60 Å². The molecule has 6 nitrogen and oxygen atoms in total. The van der Waals surface area contributed by atoms with Crippen molar-refractivity contribution in [3.05, 3.63) is 40.9 Å². The van der Waals surface area contributed by atoms with E-state index in [9.17, 15) is 23.1 Å². The largest absolute Gasteiger partial charge is 0.417 e. The third kappa shape index (κ3) is 4.64. The van der Waals surface area contributed by atoms with E-state index in [-0.39, 0.29) is 18.5 Å². The minimum atomic E-state index is -4.49. The molecule has 0 saturated carbocycles. The number of hydrogen-bond donors (Lipinski definition) is 2. The molecule has 2 aliphatic heterocycles. The van der Waals surface area contributed by atoms with E-state index in [4.69, 9.17) is 4.74 Å². The van der Waals surface area contributed by atoms with Crippen LogP contribution in [0.5, 0.6) is 0 Å². The maximum Gasteiger partial charge on any atom is 0.417 e. The van der Waals surface area contributed by atoms with E-state index in [1.54, 1.807) is 6.08 Å². The summed E-state index contributed by atoms with van der Waals surface area (Å²) in [4.78, 5) is 18.9. The van der Waals surface area contributed by atoms with Gasteiger partial charge in [-0.05, 0) is 43.4 Å². The summed E-state index contributed by atoms with van der Waals surface area (Å²) in [5, 5.41) is 15.0. The molecular formula is C23H30F3N3O3. The van der Waals surface area contributed by atoms with Crippen LogP contribution in [0.25, 0.3) is 0 Å². The number of alkyl halides is 3. The van der Waals surface area contributed by atoms with Crippen molar-refractivity contribution in [2.24, 2.45) is 5.92 Å². The summed E-state index contributed by atoms with van der Waals surface area (Å²) in [6.07, 6.45) is 2.20. The van der Waals surface area contributed by atoms with Crippen molar-refractivity contribution < 1.29 is 27.8 Å². The molecule has 2 atom stereocenters. The van der Waals surface area contributed by atoms with E-state index in [0.29, 0.717) is 50.3 Å². The van der Waals surface area contributed by atoms with Crippen LogP contribution in [-0.2, 0) is 28.7 Å². The predicted molar refractivity (Wildman–Crippen MR) is 111 cm³/mol. The van der Waals surface area contributed by atoms with Crippen LogP contribution in [-0.4, -0.2) is 52.3 Å². The number of aliphatic hydroxyl groups is 1. The highest BCUT2D eigenvalue weighted by atomic mass is 19.4. The number of carbonyl (C=O) groups excluding carboxylic acids is 1. The zero-order chi connectivity index (χ0) is 22.9. The highest BCUT2D eigenvalue weighted by molar-refractivity contribution is 5.88. The molecule has 32 heavy (non-hydrogen) atoms. The van der Waals surface area contributed by atoms with Gasteiger partial charge in [-0.15, -0.1) is 0 Å². The normalized spacial score (nSPS) is 26.6. The van der Waals surface area contributed by atoms with Crippen LogP contribution < -0.4 is 5.32 Å². The molecule has 4 rings (SSSR count). The van der Waals surface area contributed by atoms with Gasteiger partial charge in [0.1, 0.15) is 0 Å². The fourth-order valence-electron chi connectivity index (χ4n) is 4.98. The van der Waals surface area contributed by atoms with Crippen molar-refractivity contribution in [3.63, 3.8) is 0 Å². The smallest absolute Gasteiger partial charge is 0.386 e. The average Bonchev–Trinajstić information content (AvgIpc) is 3.08. The number of allylic oxidation sites excluding steroid dienone is 1. The topological polar surface area (TPSA) is 74.7 Å². The van der Waals surface area contributed by atoms with Gasteiger partial charge in [0, 0.05) is 62.3 Å². The molecule has 9 heteroatoms. The average molecular weight is 454 g/mol. The van der Waals surface area contributed by atoms with Crippen molar-refractivity contribution in [3.8, 4) is 0 Å². The lowest BCUT2D eigenvalue weighted by molar-refractivity contribution is -0.151. The van der Waals surface area contributed by atoms with Gasteiger partial charge in [0.05, 0.1) is 5.56 Å². The summed E-state index contributed by atoms with van der Waals surface area (Å²) in [5.74, 6) is -0.703. The predicted octanol–water partition coefficient (Wildman–Crippen LogP) is 3.19. The first-order valence-electron chi connectivity index (χ1n) is 11.3.